The van der Waals surface area contributed by atoms with Crippen LogP contribution >= 0.6 is 0 Å². The topological polar surface area (TPSA) is 80.7 Å². The Morgan fingerprint density at radius 1 is 1.45 bits per heavy atom. The number of alkyl halides is 4. The van der Waals surface area contributed by atoms with E-state index in [0.29, 0.717) is 0 Å². The van der Waals surface area contributed by atoms with E-state index in [0.717, 1.165) is 18.2 Å². The Bertz CT molecular complexity index is 583. The molecule has 0 aromatic heterocycles. The zero-order chi connectivity index (χ0) is 15.5. The molecule has 0 amide bonds. The summed E-state index contributed by atoms with van der Waals surface area (Å²) in [6.45, 7) is -1.81. The van der Waals surface area contributed by atoms with Crippen LogP contribution in [0.5, 0.6) is 0 Å². The van der Waals surface area contributed by atoms with Crippen molar-refractivity contribution in [1.29, 1.82) is 0 Å². The third kappa shape index (κ3) is 3.67. The van der Waals surface area contributed by atoms with Gasteiger partial charge in [0.25, 0.3) is 0 Å². The lowest BCUT2D eigenvalue weighted by Gasteiger charge is -2.22. The Labute approximate surface area is 111 Å². The molecule has 0 fully saturated rings. The molecule has 1 rings (SSSR count). The third-order valence-electron chi connectivity index (χ3n) is 2.28. The number of halogens is 4. The minimum absolute atomic E-state index is 0.630. The average molecular weight is 316 g/mol. The summed E-state index contributed by atoms with van der Waals surface area (Å²) in [5.74, 6) is -6.12. The second kappa shape index (κ2) is 6.18. The van der Waals surface area contributed by atoms with E-state index in [1.807, 2.05) is 0 Å². The molecule has 0 spiro atoms. The fourth-order valence-electron chi connectivity index (χ4n) is 1.33. The zero-order valence-electron chi connectivity index (χ0n) is 9.59. The van der Waals surface area contributed by atoms with Crippen LogP contribution in [0.4, 0.5) is 17.6 Å². The first kappa shape index (κ1) is 16.4. The van der Waals surface area contributed by atoms with Gasteiger partial charge in [0.1, 0.15) is 17.6 Å². The highest BCUT2D eigenvalue weighted by atomic mass is 32.2. The summed E-state index contributed by atoms with van der Waals surface area (Å²) in [4.78, 5) is 10.2. The minimum Gasteiger partial charge on any atom is -0.478 e. The molecule has 0 saturated carbocycles. The summed E-state index contributed by atoms with van der Waals surface area (Å²) in [6, 6.07) is 0. The van der Waals surface area contributed by atoms with Crippen LogP contribution in [0, 0.1) is 0 Å². The van der Waals surface area contributed by atoms with Crippen LogP contribution in [0.3, 0.4) is 0 Å². The van der Waals surface area contributed by atoms with Crippen molar-refractivity contribution in [2.24, 2.45) is 0 Å². The minimum atomic E-state index is -4.51. The standard InChI is InChI=1S/C10H8F4O5S/c11-9(12)10(13,14)4-19-7-5(8(15)16)2-1-3-6(7)20(17)18/h1-3,7,9H,4H2,(H,15,16). The first-order chi connectivity index (χ1) is 9.16. The van der Waals surface area contributed by atoms with Crippen molar-refractivity contribution in [2.45, 2.75) is 18.5 Å². The first-order valence-electron chi connectivity index (χ1n) is 5.02. The van der Waals surface area contributed by atoms with Crippen molar-refractivity contribution in [1.82, 2.24) is 0 Å². The van der Waals surface area contributed by atoms with Gasteiger partial charge in [0.2, 0.25) is 10.3 Å². The van der Waals surface area contributed by atoms with Gasteiger partial charge in [0, 0.05) is 0 Å². The van der Waals surface area contributed by atoms with Gasteiger partial charge in [-0.2, -0.15) is 17.2 Å². The molecule has 0 heterocycles. The van der Waals surface area contributed by atoms with Crippen LogP contribution in [0.25, 0.3) is 0 Å². The zero-order valence-corrected chi connectivity index (χ0v) is 10.4. The second-order valence-corrected chi connectivity index (χ2v) is 4.62. The van der Waals surface area contributed by atoms with E-state index in [1.165, 1.54) is 0 Å². The van der Waals surface area contributed by atoms with Gasteiger partial charge in [0.15, 0.2) is 0 Å². The highest BCUT2D eigenvalue weighted by Gasteiger charge is 2.43. The Balaban J connectivity index is 3.04. The van der Waals surface area contributed by atoms with Crippen molar-refractivity contribution in [3.8, 4) is 0 Å². The van der Waals surface area contributed by atoms with Crippen molar-refractivity contribution in [2.75, 3.05) is 6.61 Å². The maximum Gasteiger partial charge on any atom is 0.334 e. The van der Waals surface area contributed by atoms with Crippen LogP contribution in [-0.4, -0.2) is 49.4 Å². The Morgan fingerprint density at radius 2 is 2.05 bits per heavy atom. The van der Waals surface area contributed by atoms with Crippen LogP contribution < -0.4 is 0 Å². The number of carboxylic acid groups (broad SMARTS) is 1. The summed E-state index contributed by atoms with van der Waals surface area (Å²) in [5.41, 5.74) is -0.642. The molecule has 0 saturated heterocycles. The maximum absolute atomic E-state index is 12.7. The molecule has 0 aromatic rings. The van der Waals surface area contributed by atoms with Gasteiger partial charge >= 0.3 is 18.3 Å². The summed E-state index contributed by atoms with van der Waals surface area (Å²) in [6.07, 6.45) is -2.94. The molecule has 1 N–H and O–H groups in total. The molecule has 0 aliphatic heterocycles. The number of ether oxygens (including phenoxy) is 1. The molecule has 1 atom stereocenters. The molecule has 0 aromatic carbocycles. The highest BCUT2D eigenvalue weighted by molar-refractivity contribution is 7.73. The van der Waals surface area contributed by atoms with E-state index in [2.05, 4.69) is 4.74 Å². The lowest BCUT2D eigenvalue weighted by Crippen LogP contribution is -2.39. The Hall–Kier alpha value is -1.68. The van der Waals surface area contributed by atoms with E-state index in [-0.39, 0.29) is 0 Å². The van der Waals surface area contributed by atoms with E-state index < -0.39 is 51.8 Å². The second-order valence-electron chi connectivity index (χ2n) is 3.68. The summed E-state index contributed by atoms with van der Waals surface area (Å²) < 4.78 is 75.5. The summed E-state index contributed by atoms with van der Waals surface area (Å²) in [5, 5.41) is 8.81. The van der Waals surface area contributed by atoms with Crippen molar-refractivity contribution in [3.05, 3.63) is 23.8 Å². The van der Waals surface area contributed by atoms with Gasteiger partial charge in [-0.25, -0.2) is 13.6 Å². The van der Waals surface area contributed by atoms with Crippen LogP contribution in [-0.2, 0) is 19.8 Å². The van der Waals surface area contributed by atoms with Gasteiger partial charge in [0.05, 0.1) is 5.57 Å². The van der Waals surface area contributed by atoms with Gasteiger partial charge < -0.3 is 9.84 Å². The summed E-state index contributed by atoms with van der Waals surface area (Å²) in [7, 11) is -2.94. The maximum atomic E-state index is 12.7. The predicted octanol–water partition coefficient (Wildman–Crippen LogP) is 0.904. The lowest BCUT2D eigenvalue weighted by molar-refractivity contribution is -0.168. The van der Waals surface area contributed by atoms with Gasteiger partial charge in [-0.15, -0.1) is 0 Å². The molecule has 20 heavy (non-hydrogen) atoms. The molecular weight excluding hydrogens is 308 g/mol. The molecule has 10 heteroatoms. The normalized spacial score (nSPS) is 19.1. The highest BCUT2D eigenvalue weighted by Crippen LogP contribution is 2.25. The molecule has 1 aliphatic carbocycles. The van der Waals surface area contributed by atoms with E-state index >= 15 is 0 Å². The number of hydrogen-bond donors (Lipinski definition) is 1. The number of rotatable bonds is 5. The Kier molecular flexibility index (Phi) is 5.06. The van der Waals surface area contributed by atoms with Crippen molar-refractivity contribution in [3.63, 3.8) is 0 Å². The van der Waals surface area contributed by atoms with E-state index in [4.69, 9.17) is 5.11 Å². The van der Waals surface area contributed by atoms with Crippen molar-refractivity contribution >= 4 is 21.1 Å². The monoisotopic (exact) mass is 316 g/mol. The number of carbonyl (C=O) groups is 1. The number of aliphatic carboxylic acids is 1. The molecular formula is C10H8F4O5S. The van der Waals surface area contributed by atoms with Crippen LogP contribution in [0.2, 0.25) is 0 Å². The van der Waals surface area contributed by atoms with Gasteiger partial charge in [-0.3, -0.25) is 0 Å². The molecule has 0 bridgehead atoms. The molecule has 1 aliphatic rings. The number of allylic oxidation sites excluding steroid dienone is 2. The molecule has 112 valence electrons. The first-order valence-corrected chi connectivity index (χ1v) is 6.09. The smallest absolute Gasteiger partial charge is 0.334 e. The fraction of sp³-hybridized carbons (Fsp3) is 0.400. The van der Waals surface area contributed by atoms with Gasteiger partial charge in [-0.05, 0) is 12.2 Å². The van der Waals surface area contributed by atoms with Crippen molar-refractivity contribution < 1.29 is 40.6 Å². The number of hydrogen-bond acceptors (Lipinski definition) is 4. The lowest BCUT2D eigenvalue weighted by atomic mass is 10.0. The van der Waals surface area contributed by atoms with Crippen LogP contribution in [0.1, 0.15) is 0 Å². The van der Waals surface area contributed by atoms with Gasteiger partial charge in [-0.1, -0.05) is 6.08 Å². The largest absolute Gasteiger partial charge is 0.478 e. The van der Waals surface area contributed by atoms with E-state index in [9.17, 15) is 30.8 Å². The predicted molar refractivity (Wildman–Crippen MR) is 59.5 cm³/mol. The molecule has 1 unspecified atom stereocenters. The molecule has 0 radical (unpaired) electrons. The number of carboxylic acids is 1. The SMILES string of the molecule is O=C(O)C1=CC=CC(=S(=O)=O)C1OCC(F)(F)C(F)F. The van der Waals surface area contributed by atoms with Crippen LogP contribution in [0.15, 0.2) is 23.8 Å². The average Bonchev–Trinajstić information content (AvgIpc) is 2.35. The summed E-state index contributed by atoms with van der Waals surface area (Å²) >= 11 is 0. The Morgan fingerprint density at radius 3 is 2.50 bits per heavy atom. The molecule has 5 nitrogen and oxygen atoms in total. The van der Waals surface area contributed by atoms with E-state index in [1.54, 1.807) is 0 Å². The quantitative estimate of drug-likeness (QED) is 0.602. The third-order valence-corrected chi connectivity index (χ3v) is 3.01. The fourth-order valence-corrected chi connectivity index (χ4v) is 1.89.